The Bertz CT molecular complexity index is 429. The van der Waals surface area contributed by atoms with Crippen LogP contribution >= 0.6 is 0 Å². The molecule has 0 saturated carbocycles. The molecule has 2 aromatic rings. The Morgan fingerprint density at radius 3 is 2.60 bits per heavy atom. The second-order valence-corrected chi connectivity index (χ2v) is 3.08. The number of hydrogen-bond acceptors (Lipinski definition) is 2. The van der Waals surface area contributed by atoms with Gasteiger partial charge in [-0.1, -0.05) is 18.2 Å². The van der Waals surface area contributed by atoms with E-state index in [0.717, 1.165) is 17.1 Å². The molecule has 2 rings (SSSR count). The Balaban J connectivity index is 2.11. The zero-order valence-corrected chi connectivity index (χ0v) is 8.47. The van der Waals surface area contributed by atoms with Crippen LogP contribution in [-0.2, 0) is 0 Å². The minimum Gasteiger partial charge on any atom is -0.497 e. The SMILES string of the molecule is COc1ccc(/C=C/c2ncc[nH]2)cc1. The average Bonchev–Trinajstić information content (AvgIpc) is 2.80. The van der Waals surface area contributed by atoms with E-state index in [-0.39, 0.29) is 0 Å². The topological polar surface area (TPSA) is 37.9 Å². The molecule has 1 aromatic heterocycles. The van der Waals surface area contributed by atoms with Crippen LogP contribution in [0.15, 0.2) is 36.7 Å². The molecule has 3 heteroatoms. The number of aromatic amines is 1. The highest BCUT2D eigenvalue weighted by atomic mass is 16.5. The van der Waals surface area contributed by atoms with Gasteiger partial charge >= 0.3 is 0 Å². The molecule has 1 aromatic carbocycles. The molecule has 0 aliphatic heterocycles. The summed E-state index contributed by atoms with van der Waals surface area (Å²) in [5.41, 5.74) is 1.12. The normalized spacial score (nSPS) is 10.7. The maximum atomic E-state index is 5.08. The van der Waals surface area contributed by atoms with E-state index in [9.17, 15) is 0 Å². The molecule has 0 aliphatic carbocycles. The van der Waals surface area contributed by atoms with Crippen LogP contribution in [0.5, 0.6) is 5.75 Å². The lowest BCUT2D eigenvalue weighted by molar-refractivity contribution is 0.415. The van der Waals surface area contributed by atoms with E-state index in [4.69, 9.17) is 4.74 Å². The molecule has 0 radical (unpaired) electrons. The molecule has 0 spiro atoms. The lowest BCUT2D eigenvalue weighted by Crippen LogP contribution is -1.81. The van der Waals surface area contributed by atoms with Crippen molar-refractivity contribution in [1.29, 1.82) is 0 Å². The Morgan fingerprint density at radius 1 is 1.20 bits per heavy atom. The summed E-state index contributed by atoms with van der Waals surface area (Å²) in [5.74, 6) is 1.72. The van der Waals surface area contributed by atoms with E-state index < -0.39 is 0 Å². The zero-order valence-electron chi connectivity index (χ0n) is 8.47. The molecule has 0 fully saturated rings. The third kappa shape index (κ3) is 2.47. The van der Waals surface area contributed by atoms with Gasteiger partial charge in [-0.2, -0.15) is 0 Å². The Labute approximate surface area is 88.4 Å². The van der Waals surface area contributed by atoms with Crippen molar-refractivity contribution in [2.75, 3.05) is 7.11 Å². The van der Waals surface area contributed by atoms with Crippen molar-refractivity contribution < 1.29 is 4.74 Å². The monoisotopic (exact) mass is 200 g/mol. The first-order chi connectivity index (χ1) is 7.38. The average molecular weight is 200 g/mol. The maximum Gasteiger partial charge on any atom is 0.129 e. The van der Waals surface area contributed by atoms with E-state index in [1.165, 1.54) is 0 Å². The smallest absolute Gasteiger partial charge is 0.129 e. The number of benzene rings is 1. The van der Waals surface area contributed by atoms with E-state index in [0.29, 0.717) is 0 Å². The highest BCUT2D eigenvalue weighted by Gasteiger charge is 1.90. The van der Waals surface area contributed by atoms with Gasteiger partial charge in [0.15, 0.2) is 0 Å². The summed E-state index contributed by atoms with van der Waals surface area (Å²) in [6.45, 7) is 0. The third-order valence-electron chi connectivity index (χ3n) is 2.07. The number of ether oxygens (including phenoxy) is 1. The summed E-state index contributed by atoms with van der Waals surface area (Å²) < 4.78 is 5.08. The van der Waals surface area contributed by atoms with E-state index in [1.54, 1.807) is 19.5 Å². The maximum absolute atomic E-state index is 5.08. The fourth-order valence-corrected chi connectivity index (χ4v) is 1.26. The van der Waals surface area contributed by atoms with Crippen molar-refractivity contribution in [3.05, 3.63) is 48.0 Å². The van der Waals surface area contributed by atoms with Crippen LogP contribution in [0.2, 0.25) is 0 Å². The first-order valence-electron chi connectivity index (χ1n) is 4.70. The number of nitrogens with one attached hydrogen (secondary N) is 1. The van der Waals surface area contributed by atoms with Crippen molar-refractivity contribution in [3.63, 3.8) is 0 Å². The van der Waals surface area contributed by atoms with Gasteiger partial charge in [0.1, 0.15) is 11.6 Å². The number of rotatable bonds is 3. The van der Waals surface area contributed by atoms with Crippen LogP contribution in [0, 0.1) is 0 Å². The Kier molecular flexibility index (Phi) is 2.83. The number of imidazole rings is 1. The summed E-state index contributed by atoms with van der Waals surface area (Å²) in [5, 5.41) is 0. The molecule has 0 unspecified atom stereocenters. The van der Waals surface area contributed by atoms with Gasteiger partial charge < -0.3 is 9.72 Å². The summed E-state index contributed by atoms with van der Waals surface area (Å²) in [6.07, 6.45) is 7.46. The van der Waals surface area contributed by atoms with Crippen molar-refractivity contribution in [1.82, 2.24) is 9.97 Å². The number of methoxy groups -OCH3 is 1. The van der Waals surface area contributed by atoms with Gasteiger partial charge in [-0.25, -0.2) is 4.98 Å². The molecule has 3 nitrogen and oxygen atoms in total. The molecule has 15 heavy (non-hydrogen) atoms. The quantitative estimate of drug-likeness (QED) is 0.826. The van der Waals surface area contributed by atoms with Crippen molar-refractivity contribution in [2.24, 2.45) is 0 Å². The summed E-state index contributed by atoms with van der Waals surface area (Å²) in [7, 11) is 1.66. The number of nitrogens with zero attached hydrogens (tertiary/aromatic N) is 1. The molecule has 0 bridgehead atoms. The number of H-pyrrole nitrogens is 1. The Morgan fingerprint density at radius 2 is 2.00 bits per heavy atom. The predicted molar refractivity (Wildman–Crippen MR) is 60.5 cm³/mol. The minimum atomic E-state index is 0.853. The molecule has 0 saturated heterocycles. The first kappa shape index (κ1) is 9.52. The Hall–Kier alpha value is -2.03. The van der Waals surface area contributed by atoms with Crippen LogP contribution in [-0.4, -0.2) is 17.1 Å². The van der Waals surface area contributed by atoms with Gasteiger partial charge in [-0.15, -0.1) is 0 Å². The zero-order chi connectivity index (χ0) is 10.5. The van der Waals surface area contributed by atoms with Crippen LogP contribution in [0.1, 0.15) is 11.4 Å². The highest BCUT2D eigenvalue weighted by Crippen LogP contribution is 2.12. The lowest BCUT2D eigenvalue weighted by atomic mass is 10.2. The fraction of sp³-hybridized carbons (Fsp3) is 0.0833. The second kappa shape index (κ2) is 4.46. The second-order valence-electron chi connectivity index (χ2n) is 3.08. The van der Waals surface area contributed by atoms with Gasteiger partial charge in [-0.3, -0.25) is 0 Å². The molecular formula is C12H12N2O. The summed E-state index contributed by atoms with van der Waals surface area (Å²) >= 11 is 0. The van der Waals surface area contributed by atoms with E-state index >= 15 is 0 Å². The van der Waals surface area contributed by atoms with Crippen molar-refractivity contribution in [3.8, 4) is 5.75 Å². The predicted octanol–water partition coefficient (Wildman–Crippen LogP) is 2.59. The summed E-state index contributed by atoms with van der Waals surface area (Å²) in [4.78, 5) is 7.11. The van der Waals surface area contributed by atoms with Crippen LogP contribution in [0.25, 0.3) is 12.2 Å². The van der Waals surface area contributed by atoms with Crippen molar-refractivity contribution in [2.45, 2.75) is 0 Å². The standard InChI is InChI=1S/C12H12N2O/c1-15-11-5-2-10(3-6-11)4-7-12-13-8-9-14-12/h2-9H,1H3,(H,13,14)/b7-4+. The largest absolute Gasteiger partial charge is 0.497 e. The van der Waals surface area contributed by atoms with Crippen LogP contribution < -0.4 is 4.74 Å². The molecular weight excluding hydrogens is 188 g/mol. The molecule has 0 amide bonds. The van der Waals surface area contributed by atoms with Gasteiger partial charge in [0.2, 0.25) is 0 Å². The molecule has 76 valence electrons. The molecule has 1 heterocycles. The van der Waals surface area contributed by atoms with E-state index in [2.05, 4.69) is 9.97 Å². The van der Waals surface area contributed by atoms with Gasteiger partial charge in [0, 0.05) is 12.4 Å². The lowest BCUT2D eigenvalue weighted by Gasteiger charge is -1.98. The molecule has 0 atom stereocenters. The molecule has 0 aliphatic rings. The van der Waals surface area contributed by atoms with Crippen LogP contribution in [0.3, 0.4) is 0 Å². The van der Waals surface area contributed by atoms with Crippen molar-refractivity contribution >= 4 is 12.2 Å². The van der Waals surface area contributed by atoms with Gasteiger partial charge in [-0.05, 0) is 23.8 Å². The fourth-order valence-electron chi connectivity index (χ4n) is 1.26. The number of hydrogen-bond donors (Lipinski definition) is 1. The first-order valence-corrected chi connectivity index (χ1v) is 4.70. The van der Waals surface area contributed by atoms with E-state index in [1.807, 2.05) is 36.4 Å². The minimum absolute atomic E-state index is 0.853. The van der Waals surface area contributed by atoms with Gasteiger partial charge in [0.05, 0.1) is 7.11 Å². The summed E-state index contributed by atoms with van der Waals surface area (Å²) in [6, 6.07) is 7.86. The molecule has 1 N–H and O–H groups in total. The third-order valence-corrected chi connectivity index (χ3v) is 2.07. The number of aromatic nitrogens is 2. The van der Waals surface area contributed by atoms with Gasteiger partial charge in [0.25, 0.3) is 0 Å². The van der Waals surface area contributed by atoms with Crippen LogP contribution in [0.4, 0.5) is 0 Å². The highest BCUT2D eigenvalue weighted by molar-refractivity contribution is 5.66.